The molecule has 0 radical (unpaired) electrons. The zero-order chi connectivity index (χ0) is 28.9. The summed E-state index contributed by atoms with van der Waals surface area (Å²) in [5.41, 5.74) is 8.50. The second kappa shape index (κ2) is 9.89. The minimum atomic E-state index is 0.461. The molecule has 5 heteroatoms. The van der Waals surface area contributed by atoms with Crippen LogP contribution < -0.4 is 0 Å². The molecule has 0 spiro atoms. The highest BCUT2D eigenvalue weighted by Gasteiger charge is 2.15. The number of rotatable bonds is 3. The van der Waals surface area contributed by atoms with Gasteiger partial charge in [0.25, 0.3) is 0 Å². The summed E-state index contributed by atoms with van der Waals surface area (Å²) in [6.45, 7) is 7.53. The third-order valence-electron chi connectivity index (χ3n) is 7.87. The smallest absolute Gasteiger partial charge is 0.189 e. The van der Waals surface area contributed by atoms with Gasteiger partial charge in [0.2, 0.25) is 0 Å². The summed E-state index contributed by atoms with van der Waals surface area (Å²) in [7, 11) is 0. The van der Waals surface area contributed by atoms with Crippen LogP contribution in [0.25, 0.3) is 80.5 Å². The molecule has 3 heterocycles. The number of pyridine rings is 2. The number of hydrogen-bond acceptors (Lipinski definition) is 4. The lowest BCUT2D eigenvalue weighted by Gasteiger charge is -2.09. The maximum Gasteiger partial charge on any atom is 0.189 e. The molecular formula is C38H20N4S. The molecule has 5 aromatic carbocycles. The second-order valence-corrected chi connectivity index (χ2v) is 11.5. The van der Waals surface area contributed by atoms with E-state index in [1.165, 1.54) is 4.70 Å². The van der Waals surface area contributed by atoms with Gasteiger partial charge in [-0.15, -0.1) is 11.3 Å². The van der Waals surface area contributed by atoms with Gasteiger partial charge in [0.1, 0.15) is 0 Å². The third-order valence-corrected chi connectivity index (χ3v) is 9.00. The van der Waals surface area contributed by atoms with Crippen molar-refractivity contribution in [2.75, 3.05) is 0 Å². The van der Waals surface area contributed by atoms with Crippen molar-refractivity contribution < 1.29 is 0 Å². The minimum Gasteiger partial charge on any atom is -0.245 e. The third kappa shape index (κ3) is 4.19. The van der Waals surface area contributed by atoms with E-state index >= 15 is 0 Å². The highest BCUT2D eigenvalue weighted by atomic mass is 32.1. The first kappa shape index (κ1) is 24.9. The first-order valence-corrected chi connectivity index (χ1v) is 14.6. The van der Waals surface area contributed by atoms with Crippen LogP contribution >= 0.6 is 11.3 Å². The Morgan fingerprint density at radius 3 is 2.07 bits per heavy atom. The van der Waals surface area contributed by atoms with Gasteiger partial charge in [-0.2, -0.15) is 5.26 Å². The van der Waals surface area contributed by atoms with E-state index in [0.717, 1.165) is 70.9 Å². The van der Waals surface area contributed by atoms with Gasteiger partial charge in [-0.05, 0) is 59.7 Å². The summed E-state index contributed by atoms with van der Waals surface area (Å²) in [4.78, 5) is 13.8. The van der Waals surface area contributed by atoms with Crippen LogP contribution in [0.4, 0.5) is 5.69 Å². The van der Waals surface area contributed by atoms with Crippen molar-refractivity contribution in [3.63, 3.8) is 0 Å². The summed E-state index contributed by atoms with van der Waals surface area (Å²) >= 11 is 1.74. The van der Waals surface area contributed by atoms with Crippen LogP contribution in [0.5, 0.6) is 0 Å². The molecule has 0 saturated carbocycles. The van der Waals surface area contributed by atoms with Gasteiger partial charge in [0.15, 0.2) is 5.69 Å². The largest absolute Gasteiger partial charge is 0.245 e. The molecule has 0 aliphatic rings. The lowest BCUT2D eigenvalue weighted by Crippen LogP contribution is -1.91. The van der Waals surface area contributed by atoms with Gasteiger partial charge < -0.3 is 0 Å². The minimum absolute atomic E-state index is 0.461. The van der Waals surface area contributed by atoms with E-state index in [1.54, 1.807) is 17.4 Å². The lowest BCUT2D eigenvalue weighted by atomic mass is 9.96. The number of thiophene rings is 1. The number of aromatic nitrogens is 2. The molecule has 4 nitrogen and oxygen atoms in total. The molecular weight excluding hydrogens is 545 g/mol. The van der Waals surface area contributed by atoms with Crippen molar-refractivity contribution in [2.24, 2.45) is 0 Å². The van der Waals surface area contributed by atoms with Gasteiger partial charge in [0.05, 0.1) is 35.1 Å². The molecule has 0 bridgehead atoms. The molecule has 43 heavy (non-hydrogen) atoms. The van der Waals surface area contributed by atoms with E-state index < -0.39 is 0 Å². The van der Waals surface area contributed by atoms with E-state index in [9.17, 15) is 5.26 Å². The van der Waals surface area contributed by atoms with Crippen molar-refractivity contribution >= 4 is 59.0 Å². The van der Waals surface area contributed by atoms with Crippen LogP contribution in [0.2, 0.25) is 0 Å². The maximum absolute atomic E-state index is 9.59. The molecule has 0 fully saturated rings. The highest BCUT2D eigenvalue weighted by Crippen LogP contribution is 2.42. The SMILES string of the molecule is [C-]#[N+]c1cc(C#N)cc(-c2cccc3sc4ccc(-c5ccc6ccc7ccc(-c8ccccc8)nc7c6n5)cc4c23)c1. The Balaban J connectivity index is 1.32. The van der Waals surface area contributed by atoms with Gasteiger partial charge in [-0.3, -0.25) is 0 Å². The Hall–Kier alpha value is -5.88. The van der Waals surface area contributed by atoms with E-state index in [2.05, 4.69) is 89.8 Å². The summed E-state index contributed by atoms with van der Waals surface area (Å²) in [6, 6.07) is 43.1. The average molecular weight is 565 g/mol. The van der Waals surface area contributed by atoms with Gasteiger partial charge in [0, 0.05) is 47.6 Å². The molecule has 3 aromatic heterocycles. The maximum atomic E-state index is 9.59. The normalized spacial score (nSPS) is 11.2. The second-order valence-electron chi connectivity index (χ2n) is 10.5. The molecule has 0 saturated heterocycles. The first-order chi connectivity index (χ1) is 21.2. The van der Waals surface area contributed by atoms with Gasteiger partial charge in [-0.1, -0.05) is 72.8 Å². The Morgan fingerprint density at radius 2 is 1.35 bits per heavy atom. The molecule has 0 amide bonds. The predicted octanol–water partition coefficient (Wildman–Crippen LogP) is 10.6. The van der Waals surface area contributed by atoms with E-state index in [4.69, 9.17) is 16.5 Å². The van der Waals surface area contributed by atoms with E-state index in [-0.39, 0.29) is 0 Å². The Labute approximate surface area is 251 Å². The summed E-state index contributed by atoms with van der Waals surface area (Å²) in [5.74, 6) is 0. The van der Waals surface area contributed by atoms with Crippen LogP contribution in [-0.4, -0.2) is 9.97 Å². The van der Waals surface area contributed by atoms with Crippen molar-refractivity contribution in [1.29, 1.82) is 5.26 Å². The zero-order valence-corrected chi connectivity index (χ0v) is 23.6. The van der Waals surface area contributed by atoms with Crippen molar-refractivity contribution in [1.82, 2.24) is 9.97 Å². The van der Waals surface area contributed by atoms with Crippen molar-refractivity contribution in [3.8, 4) is 39.7 Å². The van der Waals surface area contributed by atoms with Crippen molar-refractivity contribution in [2.45, 2.75) is 0 Å². The molecule has 0 aliphatic carbocycles. The molecule has 8 rings (SSSR count). The molecule has 0 atom stereocenters. The molecule has 198 valence electrons. The number of benzene rings is 5. The van der Waals surface area contributed by atoms with E-state index in [1.807, 2.05) is 36.4 Å². The summed E-state index contributed by atoms with van der Waals surface area (Å²) in [5, 5.41) is 13.9. The lowest BCUT2D eigenvalue weighted by molar-refractivity contribution is 1.37. The number of fused-ring (bicyclic) bond motifs is 6. The summed E-state index contributed by atoms with van der Waals surface area (Å²) in [6.07, 6.45) is 0. The molecule has 0 N–H and O–H groups in total. The van der Waals surface area contributed by atoms with Gasteiger partial charge in [-0.25, -0.2) is 14.8 Å². The Morgan fingerprint density at radius 1 is 0.628 bits per heavy atom. The summed E-state index contributed by atoms with van der Waals surface area (Å²) < 4.78 is 2.33. The fourth-order valence-corrected chi connectivity index (χ4v) is 6.93. The number of nitrogens with zero attached hydrogens (tertiary/aromatic N) is 4. The fraction of sp³-hybridized carbons (Fsp3) is 0. The topological polar surface area (TPSA) is 53.9 Å². The first-order valence-electron chi connectivity index (χ1n) is 13.8. The highest BCUT2D eigenvalue weighted by molar-refractivity contribution is 7.26. The van der Waals surface area contributed by atoms with Gasteiger partial charge >= 0.3 is 0 Å². The Bertz CT molecular complexity index is 2450. The van der Waals surface area contributed by atoms with Crippen molar-refractivity contribution in [3.05, 3.63) is 138 Å². The molecule has 0 aliphatic heterocycles. The monoisotopic (exact) mass is 564 g/mol. The average Bonchev–Trinajstić information content (AvgIpc) is 3.46. The zero-order valence-electron chi connectivity index (χ0n) is 22.7. The predicted molar refractivity (Wildman–Crippen MR) is 177 cm³/mol. The standard InChI is InChI=1S/C38H20N4S/c1-40-29-19-23(22-39)18-28(20-29)30-8-5-9-35-36(30)31-21-27(14-17-34(31)43-35)33-16-13-26-11-10-25-12-15-32(24-6-3-2-4-7-24)41-37(25)38(26)42-33/h2-21H. The van der Waals surface area contributed by atoms with Crippen LogP contribution in [0.3, 0.4) is 0 Å². The van der Waals surface area contributed by atoms with Crippen LogP contribution in [-0.2, 0) is 0 Å². The van der Waals surface area contributed by atoms with E-state index in [0.29, 0.717) is 11.3 Å². The van der Waals surface area contributed by atoms with Crippen LogP contribution in [0.1, 0.15) is 5.56 Å². The molecule has 0 unspecified atom stereocenters. The number of hydrogen-bond donors (Lipinski definition) is 0. The fourth-order valence-electron chi connectivity index (χ4n) is 5.82. The Kier molecular flexibility index (Phi) is 5.72. The molecule has 8 aromatic rings. The van der Waals surface area contributed by atoms with Crippen LogP contribution in [0, 0.1) is 17.9 Å². The number of nitriles is 1. The quantitative estimate of drug-likeness (QED) is 0.158. The van der Waals surface area contributed by atoms with Crippen LogP contribution in [0.15, 0.2) is 121 Å².